The summed E-state index contributed by atoms with van der Waals surface area (Å²) in [6.45, 7) is 1.95. The quantitative estimate of drug-likeness (QED) is 0.478. The fourth-order valence-corrected chi connectivity index (χ4v) is 2.18. The zero-order valence-electron chi connectivity index (χ0n) is 11.9. The van der Waals surface area contributed by atoms with Crippen molar-refractivity contribution in [2.45, 2.75) is 6.92 Å². The van der Waals surface area contributed by atoms with Gasteiger partial charge in [-0.05, 0) is 55.0 Å². The highest BCUT2D eigenvalue weighted by molar-refractivity contribution is 6.31. The van der Waals surface area contributed by atoms with Crippen LogP contribution in [-0.2, 0) is 0 Å². The Morgan fingerprint density at radius 1 is 1.18 bits per heavy atom. The van der Waals surface area contributed by atoms with Gasteiger partial charge in [-0.25, -0.2) is 0 Å². The Morgan fingerprint density at radius 2 is 2.05 bits per heavy atom. The van der Waals surface area contributed by atoms with E-state index in [0.29, 0.717) is 22.3 Å². The maximum absolute atomic E-state index is 11.8. The summed E-state index contributed by atoms with van der Waals surface area (Å²) in [4.78, 5) is 11.8. The maximum atomic E-state index is 11.8. The minimum atomic E-state index is -0.207. The summed E-state index contributed by atoms with van der Waals surface area (Å²) in [7, 11) is 0. The van der Waals surface area contributed by atoms with Crippen LogP contribution in [0.3, 0.4) is 0 Å². The number of ketones is 1. The number of rotatable bonds is 4. The lowest BCUT2D eigenvalue weighted by Crippen LogP contribution is -1.89. The molecule has 3 aromatic rings. The molecule has 0 aliphatic rings. The second kappa shape index (κ2) is 6.08. The molecule has 1 aromatic carbocycles. The Morgan fingerprint density at radius 3 is 2.77 bits per heavy atom. The predicted molar refractivity (Wildman–Crippen MR) is 86.0 cm³/mol. The monoisotopic (exact) mass is 312 g/mol. The van der Waals surface area contributed by atoms with Crippen LogP contribution in [0.15, 0.2) is 63.6 Å². The van der Waals surface area contributed by atoms with Crippen LogP contribution in [0.1, 0.15) is 21.9 Å². The third-order valence-electron chi connectivity index (χ3n) is 3.25. The van der Waals surface area contributed by atoms with Crippen molar-refractivity contribution in [3.63, 3.8) is 0 Å². The van der Waals surface area contributed by atoms with E-state index in [-0.39, 0.29) is 5.78 Å². The molecule has 2 heterocycles. The van der Waals surface area contributed by atoms with Gasteiger partial charge in [0.25, 0.3) is 0 Å². The van der Waals surface area contributed by atoms with Gasteiger partial charge in [-0.3, -0.25) is 4.79 Å². The summed E-state index contributed by atoms with van der Waals surface area (Å²) in [5, 5.41) is 0.694. The first-order valence-corrected chi connectivity index (χ1v) is 7.13. The number of halogens is 1. The second-order valence-electron chi connectivity index (χ2n) is 4.84. The summed E-state index contributed by atoms with van der Waals surface area (Å²) in [5.74, 6) is 1.38. The molecule has 0 spiro atoms. The highest BCUT2D eigenvalue weighted by Gasteiger charge is 2.07. The van der Waals surface area contributed by atoms with Crippen LogP contribution >= 0.6 is 11.6 Å². The van der Waals surface area contributed by atoms with Gasteiger partial charge in [0.2, 0.25) is 5.78 Å². The fraction of sp³-hybridized carbons (Fsp3) is 0.0556. The number of aryl methyl sites for hydroxylation is 1. The molecule has 0 saturated carbocycles. The molecule has 0 fully saturated rings. The van der Waals surface area contributed by atoms with Crippen LogP contribution in [0.5, 0.6) is 0 Å². The van der Waals surface area contributed by atoms with Gasteiger partial charge in [-0.1, -0.05) is 23.7 Å². The first kappa shape index (κ1) is 14.4. The molecule has 4 heteroatoms. The van der Waals surface area contributed by atoms with E-state index in [1.165, 1.54) is 12.3 Å². The number of carbonyl (C=O) groups excluding carboxylic acids is 1. The molecule has 3 rings (SSSR count). The average Bonchev–Trinajstić information content (AvgIpc) is 3.19. The number of hydrogen-bond donors (Lipinski definition) is 0. The van der Waals surface area contributed by atoms with E-state index in [1.807, 2.05) is 31.2 Å². The zero-order valence-corrected chi connectivity index (χ0v) is 12.6. The molecule has 0 aliphatic heterocycles. The second-order valence-corrected chi connectivity index (χ2v) is 5.25. The van der Waals surface area contributed by atoms with Gasteiger partial charge in [0.05, 0.1) is 6.26 Å². The third-order valence-corrected chi connectivity index (χ3v) is 3.65. The minimum absolute atomic E-state index is 0.207. The molecule has 0 radical (unpaired) electrons. The van der Waals surface area contributed by atoms with Gasteiger partial charge in [0.15, 0.2) is 5.76 Å². The minimum Gasteiger partial charge on any atom is -0.461 e. The summed E-state index contributed by atoms with van der Waals surface area (Å²) < 4.78 is 10.7. The molecule has 0 aliphatic carbocycles. The van der Waals surface area contributed by atoms with E-state index in [2.05, 4.69) is 0 Å². The molecular formula is C18H13ClO3. The normalized spacial score (nSPS) is 11.2. The highest BCUT2D eigenvalue weighted by Crippen LogP contribution is 2.27. The molecule has 0 amide bonds. The lowest BCUT2D eigenvalue weighted by atomic mass is 10.1. The van der Waals surface area contributed by atoms with Crippen molar-refractivity contribution in [1.29, 1.82) is 0 Å². The number of benzene rings is 1. The van der Waals surface area contributed by atoms with Crippen molar-refractivity contribution < 1.29 is 13.6 Å². The Labute approximate surface area is 132 Å². The fourth-order valence-electron chi connectivity index (χ4n) is 2.00. The Balaban J connectivity index is 1.79. The standard InChI is InChI=1S/C18H13ClO3/c1-12-4-5-13(11-15(12)19)17-9-7-14(22-17)6-8-16(20)18-3-2-10-21-18/h2-11H,1H3/b8-6+. The molecular weight excluding hydrogens is 300 g/mol. The number of furan rings is 2. The van der Waals surface area contributed by atoms with Crippen LogP contribution < -0.4 is 0 Å². The lowest BCUT2D eigenvalue weighted by Gasteiger charge is -2.00. The van der Waals surface area contributed by atoms with Gasteiger partial charge in [-0.15, -0.1) is 0 Å². The summed E-state index contributed by atoms with van der Waals surface area (Å²) in [6.07, 6.45) is 4.50. The van der Waals surface area contributed by atoms with Crippen molar-refractivity contribution in [3.8, 4) is 11.3 Å². The number of carbonyl (C=O) groups is 1. The van der Waals surface area contributed by atoms with Crippen LogP contribution in [0, 0.1) is 6.92 Å². The van der Waals surface area contributed by atoms with Crippen LogP contribution in [0.4, 0.5) is 0 Å². The number of allylic oxidation sites excluding steroid dienone is 1. The van der Waals surface area contributed by atoms with Gasteiger partial charge in [-0.2, -0.15) is 0 Å². The molecule has 0 saturated heterocycles. The maximum Gasteiger partial charge on any atom is 0.221 e. The van der Waals surface area contributed by atoms with Gasteiger partial charge in [0.1, 0.15) is 11.5 Å². The topological polar surface area (TPSA) is 43.4 Å². The molecule has 110 valence electrons. The number of hydrogen-bond acceptors (Lipinski definition) is 3. The van der Waals surface area contributed by atoms with E-state index in [9.17, 15) is 4.79 Å². The van der Waals surface area contributed by atoms with E-state index in [0.717, 1.165) is 11.1 Å². The van der Waals surface area contributed by atoms with Gasteiger partial charge in [0, 0.05) is 10.6 Å². The molecule has 0 N–H and O–H groups in total. The first-order chi connectivity index (χ1) is 10.6. The highest BCUT2D eigenvalue weighted by atomic mass is 35.5. The molecule has 3 nitrogen and oxygen atoms in total. The Hall–Kier alpha value is -2.52. The van der Waals surface area contributed by atoms with Crippen molar-refractivity contribution in [3.05, 3.63) is 76.9 Å². The SMILES string of the molecule is Cc1ccc(-c2ccc(/C=C/C(=O)c3ccco3)o2)cc1Cl. The summed E-state index contributed by atoms with van der Waals surface area (Å²) >= 11 is 6.12. The summed E-state index contributed by atoms with van der Waals surface area (Å²) in [5.41, 5.74) is 1.91. The molecule has 0 unspecified atom stereocenters. The van der Waals surface area contributed by atoms with E-state index < -0.39 is 0 Å². The van der Waals surface area contributed by atoms with Crippen molar-refractivity contribution in [2.24, 2.45) is 0 Å². The lowest BCUT2D eigenvalue weighted by molar-refractivity contribution is 0.102. The van der Waals surface area contributed by atoms with E-state index in [4.69, 9.17) is 20.4 Å². The first-order valence-electron chi connectivity index (χ1n) is 6.76. The largest absolute Gasteiger partial charge is 0.461 e. The predicted octanol–water partition coefficient (Wildman–Crippen LogP) is 5.40. The van der Waals surface area contributed by atoms with Crippen LogP contribution in [0.25, 0.3) is 17.4 Å². The van der Waals surface area contributed by atoms with Crippen molar-refractivity contribution >= 4 is 23.5 Å². The van der Waals surface area contributed by atoms with Gasteiger partial charge >= 0.3 is 0 Å². The summed E-state index contributed by atoms with van der Waals surface area (Å²) in [6, 6.07) is 12.7. The molecule has 22 heavy (non-hydrogen) atoms. The van der Waals surface area contributed by atoms with Crippen molar-refractivity contribution in [1.82, 2.24) is 0 Å². The Bertz CT molecular complexity index is 826. The van der Waals surface area contributed by atoms with Crippen LogP contribution in [-0.4, -0.2) is 5.78 Å². The van der Waals surface area contributed by atoms with Gasteiger partial charge < -0.3 is 8.83 Å². The Kier molecular flexibility index (Phi) is 3.98. The average molecular weight is 313 g/mol. The zero-order chi connectivity index (χ0) is 15.5. The molecule has 0 bridgehead atoms. The van der Waals surface area contributed by atoms with Crippen molar-refractivity contribution in [2.75, 3.05) is 0 Å². The molecule has 0 atom stereocenters. The third kappa shape index (κ3) is 3.05. The van der Waals surface area contributed by atoms with Crippen LogP contribution in [0.2, 0.25) is 5.02 Å². The molecule has 2 aromatic heterocycles. The smallest absolute Gasteiger partial charge is 0.221 e. The van der Waals surface area contributed by atoms with E-state index >= 15 is 0 Å². The van der Waals surface area contributed by atoms with E-state index in [1.54, 1.807) is 24.3 Å².